The standard InChI is InChI=1S/C25H37N5O3S/c1-16(2)15-30(18-10-17(11-26-12-18)23(32)33-6)22(31)20-14-28-24(25(3,4)5)29-21(20)27-13-19-8-7-9-34-19/h7-9,14,16-18,26H,10-13,15H2,1-6H3,(H,27,28,29)/t17-,18-/m0/s1. The zero-order chi connectivity index (χ0) is 24.9. The van der Waals surface area contributed by atoms with Gasteiger partial charge in [-0.15, -0.1) is 11.3 Å². The van der Waals surface area contributed by atoms with Crippen molar-refractivity contribution in [3.05, 3.63) is 40.0 Å². The van der Waals surface area contributed by atoms with Crippen LogP contribution in [-0.4, -0.2) is 59.5 Å². The number of rotatable bonds is 8. The van der Waals surface area contributed by atoms with E-state index in [1.807, 2.05) is 16.3 Å². The number of carbonyl (C=O) groups excluding carboxylic acids is 2. The van der Waals surface area contributed by atoms with Crippen molar-refractivity contribution in [2.75, 3.05) is 32.1 Å². The van der Waals surface area contributed by atoms with Crippen LogP contribution in [0.15, 0.2) is 23.7 Å². The number of hydrogen-bond acceptors (Lipinski definition) is 8. The van der Waals surface area contributed by atoms with Crippen LogP contribution in [0, 0.1) is 11.8 Å². The smallest absolute Gasteiger partial charge is 0.310 e. The fraction of sp³-hybridized carbons (Fsp3) is 0.600. The van der Waals surface area contributed by atoms with E-state index in [4.69, 9.17) is 9.72 Å². The maximum atomic E-state index is 13.9. The Morgan fingerprint density at radius 3 is 2.71 bits per heavy atom. The molecule has 9 heteroatoms. The van der Waals surface area contributed by atoms with Gasteiger partial charge in [0, 0.05) is 42.2 Å². The first-order valence-corrected chi connectivity index (χ1v) is 12.7. The molecule has 1 aliphatic rings. The highest BCUT2D eigenvalue weighted by Gasteiger charge is 2.35. The number of methoxy groups -OCH3 is 1. The second kappa shape index (κ2) is 11.3. The van der Waals surface area contributed by atoms with Gasteiger partial charge < -0.3 is 20.3 Å². The van der Waals surface area contributed by atoms with Crippen LogP contribution in [0.1, 0.15) is 62.1 Å². The minimum atomic E-state index is -0.276. The largest absolute Gasteiger partial charge is 0.469 e. The van der Waals surface area contributed by atoms with Gasteiger partial charge in [-0.3, -0.25) is 9.59 Å². The van der Waals surface area contributed by atoms with E-state index in [0.717, 1.165) is 4.88 Å². The van der Waals surface area contributed by atoms with Gasteiger partial charge in [0.15, 0.2) is 0 Å². The fourth-order valence-corrected chi connectivity index (χ4v) is 4.71. The van der Waals surface area contributed by atoms with E-state index in [0.29, 0.717) is 49.8 Å². The Morgan fingerprint density at radius 1 is 1.32 bits per heavy atom. The zero-order valence-corrected chi connectivity index (χ0v) is 21.9. The van der Waals surface area contributed by atoms with Crippen LogP contribution in [0.25, 0.3) is 0 Å². The maximum absolute atomic E-state index is 13.9. The summed E-state index contributed by atoms with van der Waals surface area (Å²) in [5.41, 5.74) is 0.199. The molecule has 2 aromatic rings. The number of hydrogen-bond donors (Lipinski definition) is 2. The predicted octanol–water partition coefficient (Wildman–Crippen LogP) is 3.70. The molecule has 186 valence electrons. The lowest BCUT2D eigenvalue weighted by atomic mass is 9.93. The summed E-state index contributed by atoms with van der Waals surface area (Å²) in [7, 11) is 1.41. The van der Waals surface area contributed by atoms with Crippen molar-refractivity contribution >= 4 is 29.0 Å². The number of aromatic nitrogens is 2. The van der Waals surface area contributed by atoms with Crippen LogP contribution in [0.3, 0.4) is 0 Å². The van der Waals surface area contributed by atoms with Gasteiger partial charge in [-0.05, 0) is 23.8 Å². The molecule has 2 N–H and O–H groups in total. The first-order chi connectivity index (χ1) is 16.1. The molecule has 8 nitrogen and oxygen atoms in total. The first-order valence-electron chi connectivity index (χ1n) is 11.8. The minimum Gasteiger partial charge on any atom is -0.469 e. The monoisotopic (exact) mass is 487 g/mol. The molecule has 1 amide bonds. The van der Waals surface area contributed by atoms with E-state index in [-0.39, 0.29) is 35.2 Å². The summed E-state index contributed by atoms with van der Waals surface area (Å²) >= 11 is 1.66. The highest BCUT2D eigenvalue weighted by atomic mass is 32.1. The Morgan fingerprint density at radius 2 is 2.09 bits per heavy atom. The molecule has 3 rings (SSSR count). The molecule has 0 radical (unpaired) electrons. The maximum Gasteiger partial charge on any atom is 0.310 e. The molecule has 0 aliphatic carbocycles. The van der Waals surface area contributed by atoms with Crippen molar-refractivity contribution in [3.8, 4) is 0 Å². The van der Waals surface area contributed by atoms with Gasteiger partial charge in [-0.1, -0.05) is 40.7 Å². The van der Waals surface area contributed by atoms with Gasteiger partial charge in [-0.2, -0.15) is 0 Å². The van der Waals surface area contributed by atoms with E-state index >= 15 is 0 Å². The summed E-state index contributed by atoms with van der Waals surface area (Å²) in [6, 6.07) is 3.93. The third-order valence-electron chi connectivity index (χ3n) is 5.83. The summed E-state index contributed by atoms with van der Waals surface area (Å²) < 4.78 is 4.96. The number of thiophene rings is 1. The number of nitrogens with zero attached hydrogens (tertiary/aromatic N) is 3. The van der Waals surface area contributed by atoms with E-state index in [1.54, 1.807) is 17.5 Å². The lowest BCUT2D eigenvalue weighted by Gasteiger charge is -2.38. The summed E-state index contributed by atoms with van der Waals surface area (Å²) in [6.45, 7) is 12.7. The molecule has 1 saturated heterocycles. The minimum absolute atomic E-state index is 0.125. The Kier molecular flexibility index (Phi) is 8.65. The lowest BCUT2D eigenvalue weighted by molar-refractivity contribution is -0.146. The van der Waals surface area contributed by atoms with Gasteiger partial charge in [-0.25, -0.2) is 9.97 Å². The van der Waals surface area contributed by atoms with Crippen molar-refractivity contribution in [1.82, 2.24) is 20.2 Å². The van der Waals surface area contributed by atoms with Crippen molar-refractivity contribution in [2.45, 2.75) is 59.0 Å². The fourth-order valence-electron chi connectivity index (χ4n) is 4.07. The second-order valence-corrected chi connectivity index (χ2v) is 11.3. The molecule has 34 heavy (non-hydrogen) atoms. The van der Waals surface area contributed by atoms with Gasteiger partial charge in [0.05, 0.1) is 19.6 Å². The molecule has 0 aromatic carbocycles. The number of amides is 1. The molecule has 1 aliphatic heterocycles. The summed E-state index contributed by atoms with van der Waals surface area (Å²) in [6.07, 6.45) is 2.21. The Balaban J connectivity index is 1.93. The number of ether oxygens (including phenoxy) is 1. The van der Waals surface area contributed by atoms with Crippen LogP contribution in [0.2, 0.25) is 0 Å². The summed E-state index contributed by atoms with van der Waals surface area (Å²) in [4.78, 5) is 38.5. The van der Waals surface area contributed by atoms with Crippen molar-refractivity contribution < 1.29 is 14.3 Å². The molecule has 2 aromatic heterocycles. The SMILES string of the molecule is COC(=O)[C@@H]1CNC[C@@H](N(CC(C)C)C(=O)c2cnc(C(C)(C)C)nc2NCc2cccs2)C1. The molecule has 0 spiro atoms. The predicted molar refractivity (Wildman–Crippen MR) is 135 cm³/mol. The topological polar surface area (TPSA) is 96.5 Å². The summed E-state index contributed by atoms with van der Waals surface area (Å²) in [5.74, 6) is 0.839. The van der Waals surface area contributed by atoms with Crippen LogP contribution >= 0.6 is 11.3 Å². The van der Waals surface area contributed by atoms with E-state index in [9.17, 15) is 9.59 Å². The van der Waals surface area contributed by atoms with Crippen LogP contribution in [0.5, 0.6) is 0 Å². The van der Waals surface area contributed by atoms with Gasteiger partial charge in [0.1, 0.15) is 17.2 Å². The highest BCUT2D eigenvalue weighted by Crippen LogP contribution is 2.26. The molecule has 1 fully saturated rings. The average Bonchev–Trinajstić information content (AvgIpc) is 3.33. The normalized spacial score (nSPS) is 18.6. The molecular formula is C25H37N5O3S. The number of nitrogens with one attached hydrogen (secondary N) is 2. The van der Waals surface area contributed by atoms with Gasteiger partial charge in [0.25, 0.3) is 5.91 Å². The van der Waals surface area contributed by atoms with Crippen molar-refractivity contribution in [3.63, 3.8) is 0 Å². The molecule has 0 unspecified atom stereocenters. The van der Waals surface area contributed by atoms with Crippen molar-refractivity contribution in [1.29, 1.82) is 0 Å². The van der Waals surface area contributed by atoms with E-state index in [2.05, 4.69) is 56.3 Å². The molecule has 3 heterocycles. The first kappa shape index (κ1) is 26.1. The zero-order valence-electron chi connectivity index (χ0n) is 21.1. The lowest BCUT2D eigenvalue weighted by Crippen LogP contribution is -2.53. The summed E-state index contributed by atoms with van der Waals surface area (Å²) in [5, 5.41) is 8.72. The van der Waals surface area contributed by atoms with Crippen LogP contribution < -0.4 is 10.6 Å². The van der Waals surface area contributed by atoms with Crippen LogP contribution in [0.4, 0.5) is 5.82 Å². The number of anilines is 1. The van der Waals surface area contributed by atoms with Gasteiger partial charge in [0.2, 0.25) is 0 Å². The third-order valence-corrected chi connectivity index (χ3v) is 6.70. The average molecular weight is 488 g/mol. The molecule has 0 bridgehead atoms. The Labute approximate surface area is 206 Å². The molecule has 2 atom stereocenters. The molecular weight excluding hydrogens is 450 g/mol. The van der Waals surface area contributed by atoms with Gasteiger partial charge >= 0.3 is 5.97 Å². The number of piperidine rings is 1. The number of esters is 1. The second-order valence-electron chi connectivity index (χ2n) is 10.3. The van der Waals surface area contributed by atoms with Crippen molar-refractivity contribution in [2.24, 2.45) is 11.8 Å². The van der Waals surface area contributed by atoms with E-state index < -0.39 is 0 Å². The third kappa shape index (κ3) is 6.54. The van der Waals surface area contributed by atoms with Crippen LogP contribution in [-0.2, 0) is 21.5 Å². The number of carbonyl (C=O) groups is 2. The molecule has 0 saturated carbocycles. The van der Waals surface area contributed by atoms with E-state index in [1.165, 1.54) is 7.11 Å². The Bertz CT molecular complexity index is 971. The Hall–Kier alpha value is -2.52. The highest BCUT2D eigenvalue weighted by molar-refractivity contribution is 7.09. The quantitative estimate of drug-likeness (QED) is 0.548.